The first-order chi connectivity index (χ1) is 3.83. The van der Waals surface area contributed by atoms with Gasteiger partial charge in [0, 0.05) is 32.7 Å². The topological polar surface area (TPSA) is 40.5 Å². The first kappa shape index (κ1) is 16.3. The van der Waals surface area contributed by atoms with Crippen LogP contribution in [0.15, 0.2) is 0 Å². The third-order valence-corrected chi connectivity index (χ3v) is 0.447. The SMILES string of the molecule is CCCO.CCCO.[Zn]. The molecule has 0 aliphatic rings. The standard InChI is InChI=1S/2C3H8O.Zn/c2*1-2-3-4;/h2*4H,2-3H2,1H3;. The van der Waals surface area contributed by atoms with E-state index in [1.807, 2.05) is 13.8 Å². The minimum atomic E-state index is 0. The molecular weight excluding hydrogens is 169 g/mol. The molecule has 9 heavy (non-hydrogen) atoms. The van der Waals surface area contributed by atoms with Gasteiger partial charge in [-0.2, -0.15) is 0 Å². The van der Waals surface area contributed by atoms with Gasteiger partial charge in [0.25, 0.3) is 0 Å². The Morgan fingerprint density at radius 3 is 1.00 bits per heavy atom. The first-order valence-corrected chi connectivity index (χ1v) is 3.05. The van der Waals surface area contributed by atoms with E-state index >= 15 is 0 Å². The molecule has 0 fully saturated rings. The molecule has 0 atom stereocenters. The van der Waals surface area contributed by atoms with Gasteiger partial charge in [0.1, 0.15) is 0 Å². The van der Waals surface area contributed by atoms with Crippen LogP contribution < -0.4 is 0 Å². The molecule has 0 spiro atoms. The van der Waals surface area contributed by atoms with Gasteiger partial charge >= 0.3 is 0 Å². The van der Waals surface area contributed by atoms with Crippen LogP contribution in [0.25, 0.3) is 0 Å². The molecule has 0 saturated heterocycles. The Morgan fingerprint density at radius 2 is 1.00 bits per heavy atom. The van der Waals surface area contributed by atoms with Crippen molar-refractivity contribution in [3.8, 4) is 0 Å². The summed E-state index contributed by atoms with van der Waals surface area (Å²) in [6.07, 6.45) is 1.75. The van der Waals surface area contributed by atoms with Crippen LogP contribution in [0.1, 0.15) is 26.7 Å². The van der Waals surface area contributed by atoms with Crippen molar-refractivity contribution >= 4 is 0 Å². The Balaban J connectivity index is -0.0000000720. The maximum atomic E-state index is 7.88. The van der Waals surface area contributed by atoms with Crippen molar-refractivity contribution in [1.82, 2.24) is 0 Å². The molecule has 0 rings (SSSR count). The second kappa shape index (κ2) is 23.6. The van der Waals surface area contributed by atoms with E-state index in [0.29, 0.717) is 13.2 Å². The predicted molar refractivity (Wildman–Crippen MR) is 34.8 cm³/mol. The Morgan fingerprint density at radius 1 is 0.889 bits per heavy atom. The predicted octanol–water partition coefficient (Wildman–Crippen LogP) is 0.775. The van der Waals surface area contributed by atoms with Gasteiger partial charge in [0.2, 0.25) is 0 Å². The van der Waals surface area contributed by atoms with Crippen molar-refractivity contribution in [3.63, 3.8) is 0 Å². The van der Waals surface area contributed by atoms with Crippen molar-refractivity contribution < 1.29 is 29.7 Å². The van der Waals surface area contributed by atoms with Crippen LogP contribution in [-0.2, 0) is 19.5 Å². The van der Waals surface area contributed by atoms with Crippen LogP contribution in [0.5, 0.6) is 0 Å². The van der Waals surface area contributed by atoms with Crippen LogP contribution in [0.3, 0.4) is 0 Å². The maximum absolute atomic E-state index is 7.88. The molecule has 0 aliphatic heterocycles. The quantitative estimate of drug-likeness (QED) is 0.624. The van der Waals surface area contributed by atoms with Gasteiger partial charge in [-0.25, -0.2) is 0 Å². The van der Waals surface area contributed by atoms with Gasteiger partial charge in [-0.05, 0) is 12.8 Å². The Bertz CT molecular complexity index is 19.0. The Hall–Kier alpha value is 0.543. The monoisotopic (exact) mass is 184 g/mol. The van der Waals surface area contributed by atoms with E-state index in [2.05, 4.69) is 0 Å². The van der Waals surface area contributed by atoms with Crippen LogP contribution in [-0.4, -0.2) is 23.4 Å². The van der Waals surface area contributed by atoms with Crippen molar-refractivity contribution in [2.24, 2.45) is 0 Å². The fraction of sp³-hybridized carbons (Fsp3) is 1.00. The van der Waals surface area contributed by atoms with Crippen LogP contribution in [0.4, 0.5) is 0 Å². The number of aliphatic hydroxyl groups excluding tert-OH is 2. The minimum Gasteiger partial charge on any atom is -0.396 e. The summed E-state index contributed by atoms with van der Waals surface area (Å²) in [5.41, 5.74) is 0. The first-order valence-electron chi connectivity index (χ1n) is 3.05. The van der Waals surface area contributed by atoms with Crippen LogP contribution in [0.2, 0.25) is 0 Å². The Kier molecular flexibility index (Phi) is 42.6. The summed E-state index contributed by atoms with van der Waals surface area (Å²) in [6.45, 7) is 4.50. The molecule has 0 heterocycles. The van der Waals surface area contributed by atoms with E-state index in [1.165, 1.54) is 0 Å². The maximum Gasteiger partial charge on any atom is 0.0428 e. The zero-order valence-electron chi connectivity index (χ0n) is 6.43. The van der Waals surface area contributed by atoms with Gasteiger partial charge in [-0.3, -0.25) is 0 Å². The smallest absolute Gasteiger partial charge is 0.0428 e. The number of rotatable bonds is 2. The van der Waals surface area contributed by atoms with Gasteiger partial charge in [0.15, 0.2) is 0 Å². The normalized spacial score (nSPS) is 6.67. The van der Waals surface area contributed by atoms with Crippen molar-refractivity contribution in [2.75, 3.05) is 13.2 Å². The third kappa shape index (κ3) is 56.5. The molecule has 0 aromatic heterocycles. The summed E-state index contributed by atoms with van der Waals surface area (Å²) >= 11 is 0. The zero-order chi connectivity index (χ0) is 6.83. The Labute approximate surface area is 70.0 Å². The summed E-state index contributed by atoms with van der Waals surface area (Å²) in [5.74, 6) is 0. The summed E-state index contributed by atoms with van der Waals surface area (Å²) in [6, 6.07) is 0. The van der Waals surface area contributed by atoms with E-state index in [9.17, 15) is 0 Å². The molecule has 2 N–H and O–H groups in total. The number of hydrogen-bond acceptors (Lipinski definition) is 2. The molecule has 0 bridgehead atoms. The van der Waals surface area contributed by atoms with E-state index in [1.54, 1.807) is 0 Å². The third-order valence-electron chi connectivity index (χ3n) is 0.447. The molecular formula is C6H16O2Zn. The summed E-state index contributed by atoms with van der Waals surface area (Å²) in [7, 11) is 0. The molecule has 0 aromatic rings. The molecule has 3 heteroatoms. The second-order valence-electron chi connectivity index (χ2n) is 1.45. The van der Waals surface area contributed by atoms with Crippen LogP contribution >= 0.6 is 0 Å². The van der Waals surface area contributed by atoms with Crippen molar-refractivity contribution in [1.29, 1.82) is 0 Å². The van der Waals surface area contributed by atoms with Crippen molar-refractivity contribution in [2.45, 2.75) is 26.7 Å². The average molecular weight is 186 g/mol. The van der Waals surface area contributed by atoms with Gasteiger partial charge in [-0.1, -0.05) is 13.8 Å². The fourth-order valence-corrected chi connectivity index (χ4v) is 0. The summed E-state index contributed by atoms with van der Waals surface area (Å²) in [5, 5.41) is 15.8. The van der Waals surface area contributed by atoms with E-state index in [4.69, 9.17) is 10.2 Å². The molecule has 0 radical (unpaired) electrons. The molecule has 0 saturated carbocycles. The second-order valence-corrected chi connectivity index (χ2v) is 1.45. The molecule has 54 valence electrons. The molecule has 0 amide bonds. The van der Waals surface area contributed by atoms with E-state index in [0.717, 1.165) is 12.8 Å². The summed E-state index contributed by atoms with van der Waals surface area (Å²) < 4.78 is 0. The van der Waals surface area contributed by atoms with E-state index < -0.39 is 0 Å². The number of hydrogen-bond donors (Lipinski definition) is 2. The van der Waals surface area contributed by atoms with Crippen molar-refractivity contribution in [3.05, 3.63) is 0 Å². The average Bonchev–Trinajstić information content (AvgIpc) is 1.88. The zero-order valence-corrected chi connectivity index (χ0v) is 9.40. The largest absolute Gasteiger partial charge is 0.396 e. The van der Waals surface area contributed by atoms with Gasteiger partial charge in [-0.15, -0.1) is 0 Å². The molecule has 0 unspecified atom stereocenters. The molecule has 0 aromatic carbocycles. The van der Waals surface area contributed by atoms with Crippen LogP contribution in [0, 0.1) is 0 Å². The fourth-order valence-electron chi connectivity index (χ4n) is 0. The summed E-state index contributed by atoms with van der Waals surface area (Å²) in [4.78, 5) is 0. The molecule has 2 nitrogen and oxygen atoms in total. The van der Waals surface area contributed by atoms with Gasteiger partial charge < -0.3 is 10.2 Å². The van der Waals surface area contributed by atoms with E-state index in [-0.39, 0.29) is 19.5 Å². The minimum absolute atomic E-state index is 0. The van der Waals surface area contributed by atoms with Gasteiger partial charge in [0.05, 0.1) is 0 Å². The molecule has 0 aliphatic carbocycles. The number of aliphatic hydroxyl groups is 2.